The van der Waals surface area contributed by atoms with Gasteiger partial charge >= 0.3 is 18.2 Å². The molecule has 4 amide bonds. The molecule has 0 unspecified atom stereocenters. The number of fused-ring (bicyclic) bond motifs is 1. The minimum Gasteiger partial charge on any atom is -0.465 e. The number of hydrogen-bond acceptors (Lipinski definition) is 6. The second-order valence-electron chi connectivity index (χ2n) is 13.0. The Morgan fingerprint density at radius 2 is 1.55 bits per heavy atom. The Labute approximate surface area is 274 Å². The minimum absolute atomic E-state index is 0.0322. The Morgan fingerprint density at radius 1 is 0.894 bits per heavy atom. The van der Waals surface area contributed by atoms with Crippen LogP contribution in [0, 0.1) is 5.92 Å². The number of hydrazone groups is 1. The molecule has 3 aromatic carbocycles. The van der Waals surface area contributed by atoms with E-state index in [1.165, 1.54) is 11.3 Å². The maximum atomic E-state index is 14.4. The average molecular weight is 637 g/mol. The first-order chi connectivity index (χ1) is 22.6. The zero-order valence-electron chi connectivity index (χ0n) is 27.0. The van der Waals surface area contributed by atoms with Crippen LogP contribution in [-0.2, 0) is 11.3 Å². The summed E-state index contributed by atoms with van der Waals surface area (Å²) in [5.41, 5.74) is 3.86. The number of carbonyl (C=O) groups is 3. The van der Waals surface area contributed by atoms with Gasteiger partial charge in [-0.05, 0) is 69.5 Å². The Bertz CT molecular complexity index is 1690. The maximum Gasteiger partial charge on any atom is 0.417 e. The lowest BCUT2D eigenvalue weighted by molar-refractivity contribution is 0.0385. The van der Waals surface area contributed by atoms with Gasteiger partial charge in [0.05, 0.1) is 42.4 Å². The van der Waals surface area contributed by atoms with Crippen molar-refractivity contribution in [1.82, 2.24) is 14.8 Å². The highest BCUT2D eigenvalue weighted by molar-refractivity contribution is 6.14. The van der Waals surface area contributed by atoms with Crippen molar-refractivity contribution >= 4 is 47.0 Å². The molecule has 11 nitrogen and oxygen atoms in total. The van der Waals surface area contributed by atoms with Gasteiger partial charge in [0, 0.05) is 11.5 Å². The van der Waals surface area contributed by atoms with Crippen molar-refractivity contribution in [3.05, 3.63) is 90.0 Å². The summed E-state index contributed by atoms with van der Waals surface area (Å²) in [7, 11) is 0. The van der Waals surface area contributed by atoms with Crippen molar-refractivity contribution in [2.24, 2.45) is 16.0 Å². The first-order valence-corrected chi connectivity index (χ1v) is 16.1. The Hall–Kier alpha value is -5.19. The van der Waals surface area contributed by atoms with Gasteiger partial charge in [-0.2, -0.15) is 5.10 Å². The lowest BCUT2D eigenvalue weighted by Crippen LogP contribution is -2.42. The molecule has 1 saturated heterocycles. The summed E-state index contributed by atoms with van der Waals surface area (Å²) in [5.74, 6) is 0.223. The van der Waals surface area contributed by atoms with E-state index in [1.54, 1.807) is 54.9 Å². The van der Waals surface area contributed by atoms with E-state index in [0.717, 1.165) is 53.1 Å². The summed E-state index contributed by atoms with van der Waals surface area (Å²) in [5, 5.41) is 16.5. The number of rotatable bonds is 5. The van der Waals surface area contributed by atoms with Crippen molar-refractivity contribution in [3.8, 4) is 0 Å². The summed E-state index contributed by atoms with van der Waals surface area (Å²) in [6.45, 7) is 5.76. The van der Waals surface area contributed by atoms with Crippen LogP contribution in [0.15, 0.2) is 89.0 Å². The second-order valence-corrected chi connectivity index (χ2v) is 13.0. The van der Waals surface area contributed by atoms with Crippen LogP contribution in [0.2, 0.25) is 0 Å². The molecule has 0 spiro atoms. The minimum atomic E-state index is -1.22. The van der Waals surface area contributed by atoms with Gasteiger partial charge in [-0.15, -0.1) is 0 Å². The number of aliphatic imine (C=N–C) groups is 1. The number of carboxylic acid groups (broad SMARTS) is 1. The lowest BCUT2D eigenvalue weighted by Gasteiger charge is -2.27. The molecule has 1 saturated carbocycles. The molecule has 2 fully saturated rings. The van der Waals surface area contributed by atoms with Crippen LogP contribution in [-0.4, -0.2) is 68.5 Å². The van der Waals surface area contributed by atoms with E-state index in [1.807, 2.05) is 54.6 Å². The Balaban J connectivity index is 1.37. The molecule has 2 heterocycles. The molecule has 2 aliphatic heterocycles. The molecule has 0 aromatic heterocycles. The number of anilines is 2. The number of nitrogens with zero attached hydrogens (tertiary/aromatic N) is 6. The SMILES string of the molecule is CC(C)(C)OC(=O)N1CCN(C(=O)O)C1=Nc1ccc(N2C(=O)N(Cc3ccccc3)N=C(C3CCCCC3)c3ccccc32)cc1. The monoisotopic (exact) mass is 636 g/mol. The van der Waals surface area contributed by atoms with Crippen LogP contribution >= 0.6 is 0 Å². The highest BCUT2D eigenvalue weighted by atomic mass is 16.6. The first kappa shape index (κ1) is 31.8. The van der Waals surface area contributed by atoms with Gasteiger partial charge in [0.2, 0.25) is 5.96 Å². The van der Waals surface area contributed by atoms with E-state index < -0.39 is 17.8 Å². The summed E-state index contributed by atoms with van der Waals surface area (Å²) in [6, 6.07) is 24.4. The van der Waals surface area contributed by atoms with Crippen molar-refractivity contribution in [2.75, 3.05) is 18.0 Å². The summed E-state index contributed by atoms with van der Waals surface area (Å²) in [6.07, 6.45) is 3.65. The van der Waals surface area contributed by atoms with Gasteiger partial charge in [-0.25, -0.2) is 34.2 Å². The number of guanidine groups is 1. The van der Waals surface area contributed by atoms with Crippen LogP contribution in [0.3, 0.4) is 0 Å². The van der Waals surface area contributed by atoms with Gasteiger partial charge in [0.25, 0.3) is 0 Å². The van der Waals surface area contributed by atoms with E-state index in [9.17, 15) is 19.5 Å². The van der Waals surface area contributed by atoms with Crippen LogP contribution in [0.5, 0.6) is 0 Å². The fraction of sp³-hybridized carbons (Fsp3) is 0.361. The molecule has 1 N–H and O–H groups in total. The van der Waals surface area contributed by atoms with E-state index in [-0.39, 0.29) is 31.0 Å². The summed E-state index contributed by atoms with van der Waals surface area (Å²) >= 11 is 0. The third-order valence-electron chi connectivity index (χ3n) is 8.44. The normalized spacial score (nSPS) is 18.2. The molecule has 11 heteroatoms. The lowest BCUT2D eigenvalue weighted by atomic mass is 9.83. The Kier molecular flexibility index (Phi) is 8.97. The number of carbonyl (C=O) groups excluding carboxylic acids is 2. The molecular formula is C36H40N6O5. The number of benzene rings is 3. The zero-order valence-corrected chi connectivity index (χ0v) is 27.0. The molecule has 0 bridgehead atoms. The number of amides is 4. The van der Waals surface area contributed by atoms with Crippen LogP contribution < -0.4 is 4.90 Å². The number of para-hydroxylation sites is 1. The standard InChI is InChI=1S/C36H40N6O5/c1-36(2,3)47-35(46)40-23-22-39(34(44)45)32(40)37-27-18-20-28(21-19-27)42-30-17-11-10-16-29(30)31(26-14-8-5-9-15-26)38-41(33(42)43)24-25-12-6-4-7-13-25/h4,6-7,10-13,16-21,26H,5,8-9,14-15,22-24H2,1-3H3,(H,44,45). The van der Waals surface area contributed by atoms with Gasteiger partial charge in [-0.1, -0.05) is 67.8 Å². The van der Waals surface area contributed by atoms with Crippen molar-refractivity contribution < 1.29 is 24.2 Å². The largest absolute Gasteiger partial charge is 0.465 e. The molecule has 3 aromatic rings. The zero-order chi connectivity index (χ0) is 33.1. The van der Waals surface area contributed by atoms with Crippen LogP contribution in [0.1, 0.15) is 64.0 Å². The third-order valence-corrected chi connectivity index (χ3v) is 8.44. The number of hydrogen-bond donors (Lipinski definition) is 1. The highest BCUT2D eigenvalue weighted by Crippen LogP contribution is 2.38. The average Bonchev–Trinajstić information content (AvgIpc) is 3.43. The quantitative estimate of drug-likeness (QED) is 0.305. The fourth-order valence-corrected chi connectivity index (χ4v) is 6.25. The van der Waals surface area contributed by atoms with E-state index >= 15 is 0 Å². The first-order valence-electron chi connectivity index (χ1n) is 16.1. The van der Waals surface area contributed by atoms with E-state index in [0.29, 0.717) is 17.9 Å². The van der Waals surface area contributed by atoms with Crippen molar-refractivity contribution in [3.63, 3.8) is 0 Å². The molecular weight excluding hydrogens is 596 g/mol. The third kappa shape index (κ3) is 6.98. The van der Waals surface area contributed by atoms with Gasteiger partial charge < -0.3 is 9.84 Å². The maximum absolute atomic E-state index is 14.4. The molecule has 6 rings (SSSR count). The molecule has 0 atom stereocenters. The topological polar surface area (TPSA) is 118 Å². The fourth-order valence-electron chi connectivity index (χ4n) is 6.25. The number of urea groups is 1. The molecule has 3 aliphatic rings. The predicted molar refractivity (Wildman–Crippen MR) is 180 cm³/mol. The van der Waals surface area contributed by atoms with Crippen LogP contribution in [0.4, 0.5) is 31.4 Å². The molecule has 47 heavy (non-hydrogen) atoms. The van der Waals surface area contributed by atoms with Gasteiger partial charge in [-0.3, -0.25) is 4.90 Å². The van der Waals surface area contributed by atoms with Crippen molar-refractivity contribution in [1.29, 1.82) is 0 Å². The van der Waals surface area contributed by atoms with E-state index in [2.05, 4.69) is 4.99 Å². The molecule has 244 valence electrons. The number of ether oxygens (including phenoxy) is 1. The summed E-state index contributed by atoms with van der Waals surface area (Å²) in [4.78, 5) is 47.9. The van der Waals surface area contributed by atoms with Crippen LogP contribution in [0.25, 0.3) is 0 Å². The second kappa shape index (κ2) is 13.3. The smallest absolute Gasteiger partial charge is 0.417 e. The predicted octanol–water partition coefficient (Wildman–Crippen LogP) is 7.96. The molecule has 0 radical (unpaired) electrons. The van der Waals surface area contributed by atoms with Crippen molar-refractivity contribution in [2.45, 2.75) is 65.0 Å². The highest BCUT2D eigenvalue weighted by Gasteiger charge is 2.38. The van der Waals surface area contributed by atoms with Gasteiger partial charge in [0.1, 0.15) is 5.60 Å². The Morgan fingerprint density at radius 3 is 2.23 bits per heavy atom. The van der Waals surface area contributed by atoms with E-state index in [4.69, 9.17) is 9.84 Å². The molecule has 1 aliphatic carbocycles. The van der Waals surface area contributed by atoms with Gasteiger partial charge in [0.15, 0.2) is 0 Å². The summed E-state index contributed by atoms with van der Waals surface area (Å²) < 4.78 is 5.50.